The van der Waals surface area contributed by atoms with Crippen LogP contribution in [0.25, 0.3) is 0 Å². The number of phenols is 1. The minimum atomic E-state index is 0.364. The van der Waals surface area contributed by atoms with Crippen LogP contribution in [0.15, 0.2) is 60.7 Å². The molecule has 2 N–H and O–H groups in total. The van der Waals surface area contributed by atoms with Crippen molar-refractivity contribution in [2.45, 2.75) is 44.4 Å². The third-order valence-electron chi connectivity index (χ3n) is 8.03. The summed E-state index contributed by atoms with van der Waals surface area (Å²) in [6.45, 7) is 6.25. The number of nitrogens with zero attached hydrogens (tertiary/aromatic N) is 1. The highest BCUT2D eigenvalue weighted by molar-refractivity contribution is 5.57. The van der Waals surface area contributed by atoms with E-state index in [-0.39, 0.29) is 0 Å². The number of aryl methyl sites for hydroxylation is 2. The highest BCUT2D eigenvalue weighted by Crippen LogP contribution is 2.38. The minimum Gasteiger partial charge on any atom is -0.508 e. The first kappa shape index (κ1) is 27.4. The third-order valence-corrected chi connectivity index (χ3v) is 8.03. The monoisotopic (exact) mass is 530 g/mol. The molecule has 0 saturated carbocycles. The van der Waals surface area contributed by atoms with E-state index < -0.39 is 0 Å². The molecule has 208 valence electrons. The van der Waals surface area contributed by atoms with E-state index in [4.69, 9.17) is 14.2 Å². The van der Waals surface area contributed by atoms with Crippen molar-refractivity contribution in [2.75, 3.05) is 58.4 Å². The first-order valence-corrected chi connectivity index (χ1v) is 14.4. The van der Waals surface area contributed by atoms with Crippen LogP contribution in [0.2, 0.25) is 0 Å². The quantitative estimate of drug-likeness (QED) is 0.288. The molecule has 3 aromatic carbocycles. The Morgan fingerprint density at radius 3 is 2.59 bits per heavy atom. The van der Waals surface area contributed by atoms with Gasteiger partial charge in [0.2, 0.25) is 0 Å². The Hall–Kier alpha value is -3.22. The number of ether oxygens (including phenoxy) is 3. The van der Waals surface area contributed by atoms with Gasteiger partial charge in [-0.3, -0.25) is 4.90 Å². The predicted molar refractivity (Wildman–Crippen MR) is 156 cm³/mol. The van der Waals surface area contributed by atoms with Crippen LogP contribution in [0.3, 0.4) is 0 Å². The van der Waals surface area contributed by atoms with Crippen LogP contribution in [-0.2, 0) is 24.0 Å². The van der Waals surface area contributed by atoms with Crippen LogP contribution in [0.4, 0.5) is 5.69 Å². The molecule has 5 rings (SSSR count). The van der Waals surface area contributed by atoms with Crippen molar-refractivity contribution in [1.82, 2.24) is 4.90 Å². The van der Waals surface area contributed by atoms with E-state index in [2.05, 4.69) is 58.7 Å². The topological polar surface area (TPSA) is 63.2 Å². The van der Waals surface area contributed by atoms with Crippen molar-refractivity contribution in [3.63, 3.8) is 0 Å². The lowest BCUT2D eigenvalue weighted by molar-refractivity contribution is 0.0322. The Morgan fingerprint density at radius 1 is 0.949 bits per heavy atom. The molecule has 0 radical (unpaired) electrons. The summed E-state index contributed by atoms with van der Waals surface area (Å²) >= 11 is 0. The van der Waals surface area contributed by atoms with E-state index in [0.717, 1.165) is 89.4 Å². The maximum Gasteiger partial charge on any atom is 0.120 e. The van der Waals surface area contributed by atoms with Gasteiger partial charge in [-0.1, -0.05) is 24.3 Å². The second-order valence-electron chi connectivity index (χ2n) is 10.7. The number of phenolic OH excluding ortho intramolecular Hbond substituents is 1. The number of hydrogen-bond acceptors (Lipinski definition) is 6. The molecule has 0 amide bonds. The molecule has 1 unspecified atom stereocenters. The minimum absolute atomic E-state index is 0.364. The van der Waals surface area contributed by atoms with Crippen LogP contribution in [-0.4, -0.2) is 63.1 Å². The summed E-state index contributed by atoms with van der Waals surface area (Å²) in [5.74, 6) is 2.66. The van der Waals surface area contributed by atoms with Crippen molar-refractivity contribution in [2.24, 2.45) is 0 Å². The van der Waals surface area contributed by atoms with Gasteiger partial charge in [-0.25, -0.2) is 0 Å². The fourth-order valence-electron chi connectivity index (χ4n) is 5.73. The second-order valence-corrected chi connectivity index (χ2v) is 10.7. The van der Waals surface area contributed by atoms with Gasteiger partial charge in [-0.15, -0.1) is 0 Å². The van der Waals surface area contributed by atoms with Gasteiger partial charge in [-0.2, -0.15) is 0 Å². The molecule has 0 aromatic heterocycles. The molecule has 1 aliphatic carbocycles. The molecule has 3 aromatic rings. The van der Waals surface area contributed by atoms with Gasteiger partial charge in [0.15, 0.2) is 0 Å². The van der Waals surface area contributed by atoms with Gasteiger partial charge in [0.1, 0.15) is 23.9 Å². The molecule has 1 fully saturated rings. The van der Waals surface area contributed by atoms with Crippen molar-refractivity contribution in [1.29, 1.82) is 0 Å². The first-order valence-electron chi connectivity index (χ1n) is 14.4. The predicted octanol–water partition coefficient (Wildman–Crippen LogP) is 5.82. The number of fused-ring (bicyclic) bond motifs is 1. The molecule has 1 saturated heterocycles. The van der Waals surface area contributed by atoms with Crippen LogP contribution in [0, 0.1) is 0 Å². The standard InChI is InChI=1S/C33H42N2O4/c1-37-31-13-14-32(28-8-7-27-23-29(36)10-9-26(27)22-28)33(24-31)34-15-3-2-4-25-5-11-30(12-6-25)39-21-18-35-16-19-38-20-17-35/h5-6,9-14,23-24,28,34,36H,2-4,7-8,15-22H2,1H3. The maximum absolute atomic E-state index is 9.84. The molecular weight excluding hydrogens is 488 g/mol. The zero-order valence-corrected chi connectivity index (χ0v) is 23.2. The number of unbranched alkanes of at least 4 members (excludes halogenated alkanes) is 1. The number of aromatic hydroxyl groups is 1. The van der Waals surface area contributed by atoms with E-state index in [9.17, 15) is 5.11 Å². The fourth-order valence-corrected chi connectivity index (χ4v) is 5.73. The molecule has 39 heavy (non-hydrogen) atoms. The van der Waals surface area contributed by atoms with Crippen molar-refractivity contribution >= 4 is 5.69 Å². The molecule has 6 nitrogen and oxygen atoms in total. The normalized spacial score (nSPS) is 17.4. The molecular formula is C33H42N2O4. The van der Waals surface area contributed by atoms with Crippen molar-refractivity contribution < 1.29 is 19.3 Å². The average Bonchev–Trinajstić information content (AvgIpc) is 2.98. The van der Waals surface area contributed by atoms with E-state index >= 15 is 0 Å². The SMILES string of the molecule is COc1ccc(C2CCc3cc(O)ccc3C2)c(NCCCCc2ccc(OCCN3CCOCC3)cc2)c1. The molecule has 1 aliphatic heterocycles. The molecule has 6 heteroatoms. The zero-order chi connectivity index (χ0) is 26.9. The van der Waals surface area contributed by atoms with Gasteiger partial charge in [0.05, 0.1) is 20.3 Å². The summed E-state index contributed by atoms with van der Waals surface area (Å²) in [6, 6.07) is 20.8. The number of morpholine rings is 1. The first-order chi connectivity index (χ1) is 19.2. The maximum atomic E-state index is 9.84. The number of hydrogen-bond donors (Lipinski definition) is 2. The lowest BCUT2D eigenvalue weighted by Crippen LogP contribution is -2.38. The molecule has 1 heterocycles. The Bertz CT molecular complexity index is 1190. The lowest BCUT2D eigenvalue weighted by atomic mass is 9.79. The lowest BCUT2D eigenvalue weighted by Gasteiger charge is -2.27. The number of rotatable bonds is 12. The number of anilines is 1. The highest BCUT2D eigenvalue weighted by atomic mass is 16.5. The number of nitrogens with one attached hydrogen (secondary N) is 1. The molecule has 0 bridgehead atoms. The second kappa shape index (κ2) is 13.7. The number of methoxy groups -OCH3 is 1. The summed E-state index contributed by atoms with van der Waals surface area (Å²) < 4.78 is 16.9. The van der Waals surface area contributed by atoms with Crippen molar-refractivity contribution in [3.8, 4) is 17.2 Å². The van der Waals surface area contributed by atoms with Gasteiger partial charge < -0.3 is 24.6 Å². The molecule has 1 atom stereocenters. The van der Waals surface area contributed by atoms with Gasteiger partial charge in [0.25, 0.3) is 0 Å². The van der Waals surface area contributed by atoms with Crippen LogP contribution < -0.4 is 14.8 Å². The van der Waals surface area contributed by atoms with Gasteiger partial charge >= 0.3 is 0 Å². The molecule has 0 spiro atoms. The Labute approximate surface area is 232 Å². The Kier molecular flexibility index (Phi) is 9.62. The van der Waals surface area contributed by atoms with E-state index in [1.807, 2.05) is 12.1 Å². The summed E-state index contributed by atoms with van der Waals surface area (Å²) in [5.41, 5.74) is 6.52. The summed E-state index contributed by atoms with van der Waals surface area (Å²) in [5, 5.41) is 13.5. The highest BCUT2D eigenvalue weighted by Gasteiger charge is 2.23. The smallest absolute Gasteiger partial charge is 0.120 e. The number of benzene rings is 3. The van der Waals surface area contributed by atoms with Crippen molar-refractivity contribution in [3.05, 3.63) is 82.9 Å². The van der Waals surface area contributed by atoms with E-state index in [0.29, 0.717) is 18.3 Å². The van der Waals surface area contributed by atoms with Crippen LogP contribution in [0.5, 0.6) is 17.2 Å². The Morgan fingerprint density at radius 2 is 1.77 bits per heavy atom. The summed E-state index contributed by atoms with van der Waals surface area (Å²) in [4.78, 5) is 2.39. The average molecular weight is 531 g/mol. The third kappa shape index (κ3) is 7.68. The zero-order valence-electron chi connectivity index (χ0n) is 23.2. The molecule has 2 aliphatic rings. The van der Waals surface area contributed by atoms with Gasteiger partial charge in [-0.05, 0) is 97.0 Å². The van der Waals surface area contributed by atoms with Crippen LogP contribution >= 0.6 is 0 Å². The fraction of sp³-hybridized carbons (Fsp3) is 0.455. The van der Waals surface area contributed by atoms with E-state index in [1.54, 1.807) is 7.11 Å². The van der Waals surface area contributed by atoms with E-state index in [1.165, 1.54) is 27.9 Å². The summed E-state index contributed by atoms with van der Waals surface area (Å²) in [6.07, 6.45) is 6.38. The van der Waals surface area contributed by atoms with Gasteiger partial charge in [0, 0.05) is 37.9 Å². The largest absolute Gasteiger partial charge is 0.508 e. The summed E-state index contributed by atoms with van der Waals surface area (Å²) in [7, 11) is 1.72. The van der Waals surface area contributed by atoms with Crippen LogP contribution in [0.1, 0.15) is 47.4 Å². The Balaban J connectivity index is 1.07.